The van der Waals surface area contributed by atoms with Crippen molar-refractivity contribution in [3.05, 3.63) is 0 Å². The van der Waals surface area contributed by atoms with Crippen molar-refractivity contribution < 1.29 is 0 Å². The third kappa shape index (κ3) is 5.34. The molecule has 0 aromatic carbocycles. The van der Waals surface area contributed by atoms with Crippen molar-refractivity contribution in [3.63, 3.8) is 0 Å². The van der Waals surface area contributed by atoms with Crippen molar-refractivity contribution >= 4 is 0 Å². The lowest BCUT2D eigenvalue weighted by Gasteiger charge is -2.36. The normalized spacial score (nSPS) is 23.6. The van der Waals surface area contributed by atoms with E-state index >= 15 is 0 Å². The summed E-state index contributed by atoms with van der Waals surface area (Å²) in [6.07, 6.45) is 8.21. The van der Waals surface area contributed by atoms with Crippen LogP contribution < -0.4 is 5.32 Å². The summed E-state index contributed by atoms with van der Waals surface area (Å²) in [4.78, 5) is 0. The summed E-state index contributed by atoms with van der Waals surface area (Å²) in [5.74, 6) is 0.842. The minimum Gasteiger partial charge on any atom is -0.312 e. The highest BCUT2D eigenvalue weighted by molar-refractivity contribution is 4.83. The van der Waals surface area contributed by atoms with Gasteiger partial charge in [0.05, 0.1) is 0 Å². The lowest BCUT2D eigenvalue weighted by Crippen LogP contribution is -2.40. The second kappa shape index (κ2) is 6.05. The van der Waals surface area contributed by atoms with Gasteiger partial charge in [-0.3, -0.25) is 0 Å². The molecule has 0 bridgehead atoms. The van der Waals surface area contributed by atoms with Crippen LogP contribution >= 0.6 is 0 Å². The maximum atomic E-state index is 3.81. The van der Waals surface area contributed by atoms with E-state index in [-0.39, 0.29) is 0 Å². The molecule has 0 aromatic rings. The Balaban J connectivity index is 2.18. The van der Waals surface area contributed by atoms with Gasteiger partial charge in [-0.1, -0.05) is 27.7 Å². The molecule has 96 valence electrons. The van der Waals surface area contributed by atoms with Gasteiger partial charge in [0, 0.05) is 12.1 Å². The van der Waals surface area contributed by atoms with Crippen molar-refractivity contribution in [1.82, 2.24) is 5.32 Å². The SMILES string of the molecule is CC(C)CCC(C)NC1CCC(C)(C)CC1. The van der Waals surface area contributed by atoms with E-state index in [4.69, 9.17) is 0 Å². The Morgan fingerprint density at radius 1 is 1.06 bits per heavy atom. The highest BCUT2D eigenvalue weighted by atomic mass is 14.9. The van der Waals surface area contributed by atoms with Crippen LogP contribution in [0.25, 0.3) is 0 Å². The number of hydrogen-bond donors (Lipinski definition) is 1. The summed E-state index contributed by atoms with van der Waals surface area (Å²) in [5.41, 5.74) is 0.597. The maximum absolute atomic E-state index is 3.81. The molecule has 1 fully saturated rings. The first-order valence-corrected chi connectivity index (χ1v) is 7.15. The van der Waals surface area contributed by atoms with Crippen LogP contribution in [0.5, 0.6) is 0 Å². The molecular weight excluding hydrogens is 194 g/mol. The van der Waals surface area contributed by atoms with Gasteiger partial charge in [-0.2, -0.15) is 0 Å². The van der Waals surface area contributed by atoms with Crippen LogP contribution in [-0.2, 0) is 0 Å². The van der Waals surface area contributed by atoms with Crippen molar-refractivity contribution in [3.8, 4) is 0 Å². The molecule has 1 N–H and O–H groups in total. The van der Waals surface area contributed by atoms with E-state index in [0.29, 0.717) is 11.5 Å². The Kier molecular flexibility index (Phi) is 5.30. The van der Waals surface area contributed by atoms with E-state index < -0.39 is 0 Å². The van der Waals surface area contributed by atoms with Gasteiger partial charge in [0.1, 0.15) is 0 Å². The predicted octanol–water partition coefficient (Wildman–Crippen LogP) is 4.37. The third-order valence-corrected chi connectivity index (χ3v) is 4.04. The first kappa shape index (κ1) is 14.0. The van der Waals surface area contributed by atoms with Crippen LogP contribution in [0, 0.1) is 11.3 Å². The molecule has 0 aromatic heterocycles. The summed E-state index contributed by atoms with van der Waals surface area (Å²) in [6.45, 7) is 11.8. The van der Waals surface area contributed by atoms with Gasteiger partial charge in [-0.15, -0.1) is 0 Å². The van der Waals surface area contributed by atoms with Gasteiger partial charge in [-0.05, 0) is 56.8 Å². The van der Waals surface area contributed by atoms with Crippen molar-refractivity contribution in [2.45, 2.75) is 85.2 Å². The van der Waals surface area contributed by atoms with E-state index in [9.17, 15) is 0 Å². The van der Waals surface area contributed by atoms with E-state index in [1.807, 2.05) is 0 Å². The maximum Gasteiger partial charge on any atom is 0.00699 e. The largest absolute Gasteiger partial charge is 0.312 e. The van der Waals surface area contributed by atoms with Crippen molar-refractivity contribution in [2.24, 2.45) is 11.3 Å². The zero-order chi connectivity index (χ0) is 12.2. The average molecular weight is 225 g/mol. The van der Waals surface area contributed by atoms with Crippen LogP contribution in [0.15, 0.2) is 0 Å². The van der Waals surface area contributed by atoms with Crippen LogP contribution in [-0.4, -0.2) is 12.1 Å². The summed E-state index contributed by atoms with van der Waals surface area (Å²) in [6, 6.07) is 1.49. The molecule has 1 rings (SSSR count). The van der Waals surface area contributed by atoms with Gasteiger partial charge >= 0.3 is 0 Å². The fourth-order valence-electron chi connectivity index (χ4n) is 2.63. The smallest absolute Gasteiger partial charge is 0.00699 e. The number of rotatable bonds is 5. The third-order valence-electron chi connectivity index (χ3n) is 4.04. The Hall–Kier alpha value is -0.0400. The zero-order valence-electron chi connectivity index (χ0n) is 12.0. The lowest BCUT2D eigenvalue weighted by atomic mass is 9.75. The summed E-state index contributed by atoms with van der Waals surface area (Å²) >= 11 is 0. The average Bonchev–Trinajstić information content (AvgIpc) is 2.18. The van der Waals surface area contributed by atoms with Gasteiger partial charge in [-0.25, -0.2) is 0 Å². The van der Waals surface area contributed by atoms with Gasteiger partial charge in [0.15, 0.2) is 0 Å². The standard InChI is InChI=1S/C15H31N/c1-12(2)6-7-13(3)16-14-8-10-15(4,5)11-9-14/h12-14,16H,6-11H2,1-5H3. The Morgan fingerprint density at radius 2 is 1.62 bits per heavy atom. The van der Waals surface area contributed by atoms with E-state index in [1.54, 1.807) is 0 Å². The molecule has 0 spiro atoms. The van der Waals surface area contributed by atoms with E-state index in [2.05, 4.69) is 39.9 Å². The van der Waals surface area contributed by atoms with E-state index in [0.717, 1.165) is 12.0 Å². The molecule has 0 radical (unpaired) electrons. The first-order chi connectivity index (χ1) is 7.39. The Bertz CT molecular complexity index is 186. The fourth-order valence-corrected chi connectivity index (χ4v) is 2.63. The van der Waals surface area contributed by atoms with Gasteiger partial charge in [0.2, 0.25) is 0 Å². The van der Waals surface area contributed by atoms with Gasteiger partial charge in [0.25, 0.3) is 0 Å². The molecule has 1 heteroatoms. The second-order valence-electron chi connectivity index (χ2n) is 6.98. The van der Waals surface area contributed by atoms with Crippen LogP contribution in [0.3, 0.4) is 0 Å². The summed E-state index contributed by atoms with van der Waals surface area (Å²) < 4.78 is 0. The number of nitrogens with one attached hydrogen (secondary N) is 1. The van der Waals surface area contributed by atoms with Crippen molar-refractivity contribution in [1.29, 1.82) is 0 Å². The quantitative estimate of drug-likeness (QED) is 0.732. The zero-order valence-corrected chi connectivity index (χ0v) is 12.0. The Morgan fingerprint density at radius 3 is 2.12 bits per heavy atom. The van der Waals surface area contributed by atoms with Gasteiger partial charge < -0.3 is 5.32 Å². The minimum absolute atomic E-state index is 0.597. The number of hydrogen-bond acceptors (Lipinski definition) is 1. The highest BCUT2D eigenvalue weighted by Gasteiger charge is 2.27. The summed E-state index contributed by atoms with van der Waals surface area (Å²) in [7, 11) is 0. The summed E-state index contributed by atoms with van der Waals surface area (Å²) in [5, 5.41) is 3.81. The molecule has 16 heavy (non-hydrogen) atoms. The molecule has 0 aliphatic heterocycles. The molecule has 1 saturated carbocycles. The first-order valence-electron chi connectivity index (χ1n) is 7.15. The topological polar surface area (TPSA) is 12.0 Å². The molecule has 0 amide bonds. The lowest BCUT2D eigenvalue weighted by molar-refractivity contribution is 0.197. The molecule has 0 heterocycles. The molecule has 1 aliphatic rings. The molecule has 1 aliphatic carbocycles. The molecule has 1 unspecified atom stereocenters. The monoisotopic (exact) mass is 225 g/mol. The predicted molar refractivity (Wildman–Crippen MR) is 72.7 cm³/mol. The fraction of sp³-hybridized carbons (Fsp3) is 1.00. The molecule has 0 saturated heterocycles. The van der Waals surface area contributed by atoms with Crippen molar-refractivity contribution in [2.75, 3.05) is 0 Å². The molecule has 1 atom stereocenters. The van der Waals surface area contributed by atoms with Crippen LogP contribution in [0.2, 0.25) is 0 Å². The van der Waals surface area contributed by atoms with Crippen LogP contribution in [0.4, 0.5) is 0 Å². The van der Waals surface area contributed by atoms with Crippen LogP contribution in [0.1, 0.15) is 73.1 Å². The van der Waals surface area contributed by atoms with E-state index in [1.165, 1.54) is 38.5 Å². The second-order valence-corrected chi connectivity index (χ2v) is 6.98. The highest BCUT2D eigenvalue weighted by Crippen LogP contribution is 2.35. The molecule has 1 nitrogen and oxygen atoms in total. The molecular formula is C15H31N. The minimum atomic E-state index is 0.597. The Labute approximate surface area is 102 Å².